The van der Waals surface area contributed by atoms with Crippen LogP contribution in [0.1, 0.15) is 31.7 Å². The van der Waals surface area contributed by atoms with Crippen LogP contribution in [-0.4, -0.2) is 48.8 Å². The van der Waals surface area contributed by atoms with Crippen molar-refractivity contribution in [1.29, 1.82) is 0 Å². The largest absolute Gasteiger partial charge is 0.447 e. The first-order chi connectivity index (χ1) is 12.5. The van der Waals surface area contributed by atoms with E-state index in [2.05, 4.69) is 33.3 Å². The van der Waals surface area contributed by atoms with Crippen LogP contribution in [0.15, 0.2) is 24.4 Å². The number of carbonyl (C=O) groups is 1. The number of aromatic amines is 1. The number of nitrogens with zero attached hydrogens (tertiary/aromatic N) is 2. The molecule has 1 aliphatic carbocycles. The Morgan fingerprint density at radius 2 is 2.31 bits per heavy atom. The average Bonchev–Trinajstić information content (AvgIpc) is 3.21. The summed E-state index contributed by atoms with van der Waals surface area (Å²) in [4.78, 5) is 20.6. The van der Waals surface area contributed by atoms with Gasteiger partial charge in [0.25, 0.3) is 0 Å². The fourth-order valence-electron chi connectivity index (χ4n) is 3.43. The van der Waals surface area contributed by atoms with Gasteiger partial charge in [0, 0.05) is 31.3 Å². The van der Waals surface area contributed by atoms with Gasteiger partial charge in [0.2, 0.25) is 0 Å². The normalized spacial score (nSPS) is 18.9. The molecule has 1 aliphatic rings. The van der Waals surface area contributed by atoms with Crippen molar-refractivity contribution in [2.24, 2.45) is 5.92 Å². The molecule has 138 valence electrons. The van der Waals surface area contributed by atoms with Gasteiger partial charge in [-0.05, 0) is 62.2 Å². The Morgan fingerprint density at radius 3 is 3.04 bits per heavy atom. The van der Waals surface area contributed by atoms with Gasteiger partial charge in [0.05, 0.1) is 12.7 Å². The zero-order chi connectivity index (χ0) is 18.7. The molecule has 3 rings (SSSR count). The molecule has 1 aromatic carbocycles. The Hall–Kier alpha value is -2.52. The number of ether oxygens (including phenoxy) is 1. The summed E-state index contributed by atoms with van der Waals surface area (Å²) >= 11 is 0. The van der Waals surface area contributed by atoms with E-state index in [-0.39, 0.29) is 12.2 Å². The van der Waals surface area contributed by atoms with Crippen molar-refractivity contribution in [3.8, 4) is 0 Å². The van der Waals surface area contributed by atoms with E-state index in [0.717, 1.165) is 18.6 Å². The van der Waals surface area contributed by atoms with Crippen LogP contribution in [0.5, 0.6) is 0 Å². The second-order valence-electron chi connectivity index (χ2n) is 7.33. The fraction of sp³-hybridized carbons (Fsp3) is 0.500. The summed E-state index contributed by atoms with van der Waals surface area (Å²) in [5.41, 5.74) is 3.11. The molecule has 1 fully saturated rings. The molecule has 1 saturated carbocycles. The lowest BCUT2D eigenvalue weighted by molar-refractivity contribution is 0.114. The maximum Gasteiger partial charge on any atom is 0.407 e. The number of nitrogens with one attached hydrogen (secondary N) is 2. The van der Waals surface area contributed by atoms with Crippen LogP contribution < -0.4 is 5.32 Å². The quantitative estimate of drug-likeness (QED) is 0.742. The number of benzene rings is 1. The highest BCUT2D eigenvalue weighted by atomic mass is 16.6. The van der Waals surface area contributed by atoms with E-state index in [4.69, 9.17) is 11.3 Å². The molecule has 26 heavy (non-hydrogen) atoms. The van der Waals surface area contributed by atoms with Crippen molar-refractivity contribution in [3.05, 3.63) is 41.4 Å². The third-order valence-corrected chi connectivity index (χ3v) is 4.80. The number of carbonyl (C=O) groups excluding carboxylic acids is 1. The second kappa shape index (κ2) is 7.79. The molecule has 0 saturated heterocycles. The SMILES string of the molecule is [C-]#[N+]c1ccc2[nH]cc(C3CC3CN(C)CCNC(=O)OC(C)C)c2c1. The van der Waals surface area contributed by atoms with Crippen molar-refractivity contribution in [1.82, 2.24) is 15.2 Å². The minimum Gasteiger partial charge on any atom is -0.447 e. The lowest BCUT2D eigenvalue weighted by atomic mass is 10.1. The minimum absolute atomic E-state index is 0.0977. The maximum absolute atomic E-state index is 11.5. The van der Waals surface area contributed by atoms with Gasteiger partial charge >= 0.3 is 6.09 Å². The summed E-state index contributed by atoms with van der Waals surface area (Å²) < 4.78 is 5.06. The van der Waals surface area contributed by atoms with Gasteiger partial charge in [-0.1, -0.05) is 6.07 Å². The molecular weight excluding hydrogens is 328 g/mol. The van der Waals surface area contributed by atoms with E-state index < -0.39 is 0 Å². The van der Waals surface area contributed by atoms with E-state index in [1.165, 1.54) is 17.4 Å². The minimum atomic E-state index is -0.355. The van der Waals surface area contributed by atoms with Crippen molar-refractivity contribution in [2.75, 3.05) is 26.7 Å². The number of likely N-dealkylation sites (N-methyl/N-ethyl adjacent to an activating group) is 1. The zero-order valence-corrected chi connectivity index (χ0v) is 15.6. The van der Waals surface area contributed by atoms with Crippen LogP contribution in [0.25, 0.3) is 15.7 Å². The molecule has 1 amide bonds. The molecule has 0 aliphatic heterocycles. The van der Waals surface area contributed by atoms with Crippen molar-refractivity contribution >= 4 is 22.7 Å². The lowest BCUT2D eigenvalue weighted by Gasteiger charge is -2.17. The third-order valence-electron chi connectivity index (χ3n) is 4.80. The molecule has 0 spiro atoms. The fourth-order valence-corrected chi connectivity index (χ4v) is 3.43. The van der Waals surface area contributed by atoms with Gasteiger partial charge in [-0.25, -0.2) is 9.64 Å². The van der Waals surface area contributed by atoms with E-state index in [1.54, 1.807) is 0 Å². The molecule has 1 heterocycles. The van der Waals surface area contributed by atoms with Gasteiger partial charge in [-0.3, -0.25) is 0 Å². The summed E-state index contributed by atoms with van der Waals surface area (Å²) in [5, 5.41) is 3.95. The van der Waals surface area contributed by atoms with E-state index in [1.807, 2.05) is 32.0 Å². The van der Waals surface area contributed by atoms with E-state index >= 15 is 0 Å². The first kappa shape index (κ1) is 18.3. The first-order valence-corrected chi connectivity index (χ1v) is 9.09. The van der Waals surface area contributed by atoms with Gasteiger partial charge in [0.1, 0.15) is 0 Å². The smallest absolute Gasteiger partial charge is 0.407 e. The number of alkyl carbamates (subject to hydrolysis) is 1. The van der Waals surface area contributed by atoms with E-state index in [0.29, 0.717) is 24.1 Å². The Kier molecular flexibility index (Phi) is 5.48. The first-order valence-electron chi connectivity index (χ1n) is 9.09. The summed E-state index contributed by atoms with van der Waals surface area (Å²) in [5.74, 6) is 1.17. The number of rotatable bonds is 7. The molecular formula is C20H26N4O2. The monoisotopic (exact) mass is 354 g/mol. The second-order valence-corrected chi connectivity index (χ2v) is 7.33. The molecule has 6 heteroatoms. The number of hydrogen-bond donors (Lipinski definition) is 2. The lowest BCUT2D eigenvalue weighted by Crippen LogP contribution is -2.35. The van der Waals surface area contributed by atoms with Crippen molar-refractivity contribution in [3.63, 3.8) is 0 Å². The predicted molar refractivity (Wildman–Crippen MR) is 103 cm³/mol. The summed E-state index contributed by atoms with van der Waals surface area (Å²) in [6.45, 7) is 13.3. The van der Waals surface area contributed by atoms with Crippen LogP contribution in [0, 0.1) is 12.5 Å². The van der Waals surface area contributed by atoms with Crippen molar-refractivity contribution in [2.45, 2.75) is 32.3 Å². The topological polar surface area (TPSA) is 61.7 Å². The highest BCUT2D eigenvalue weighted by Gasteiger charge is 2.40. The van der Waals surface area contributed by atoms with Gasteiger partial charge < -0.3 is 19.9 Å². The Labute approximate surface area is 154 Å². The van der Waals surface area contributed by atoms with Crippen LogP contribution >= 0.6 is 0 Å². The van der Waals surface area contributed by atoms with Gasteiger partial charge in [-0.2, -0.15) is 0 Å². The van der Waals surface area contributed by atoms with Crippen LogP contribution in [0.4, 0.5) is 10.5 Å². The summed E-state index contributed by atoms with van der Waals surface area (Å²) in [6, 6.07) is 5.82. The van der Waals surface area contributed by atoms with Crippen LogP contribution in [0.2, 0.25) is 0 Å². The highest BCUT2D eigenvalue weighted by Crippen LogP contribution is 2.50. The third kappa shape index (κ3) is 4.36. The molecule has 0 bridgehead atoms. The predicted octanol–water partition coefficient (Wildman–Crippen LogP) is 3.89. The number of amides is 1. The molecule has 0 radical (unpaired) electrons. The van der Waals surface area contributed by atoms with Gasteiger partial charge in [-0.15, -0.1) is 0 Å². The molecule has 2 unspecified atom stereocenters. The van der Waals surface area contributed by atoms with Gasteiger partial charge in [0.15, 0.2) is 5.69 Å². The summed E-state index contributed by atoms with van der Waals surface area (Å²) in [6.07, 6.45) is 2.81. The van der Waals surface area contributed by atoms with Crippen LogP contribution in [0.3, 0.4) is 0 Å². The number of fused-ring (bicyclic) bond motifs is 1. The molecule has 2 N–H and O–H groups in total. The Balaban J connectivity index is 1.49. The zero-order valence-electron chi connectivity index (χ0n) is 15.6. The van der Waals surface area contributed by atoms with Crippen molar-refractivity contribution < 1.29 is 9.53 Å². The molecule has 2 aromatic rings. The van der Waals surface area contributed by atoms with E-state index in [9.17, 15) is 4.79 Å². The number of aromatic nitrogens is 1. The standard InChI is InChI=1S/C20H26N4O2/c1-13(2)26-20(25)22-7-8-24(4)12-14-9-16(14)18-11-23-19-6-5-15(21-3)10-17(18)19/h5-6,10-11,13-14,16,23H,7-9,12H2,1-2,4H3,(H,22,25). The van der Waals surface area contributed by atoms with Crippen LogP contribution in [-0.2, 0) is 4.74 Å². The maximum atomic E-state index is 11.5. The molecule has 1 aromatic heterocycles. The number of hydrogen-bond acceptors (Lipinski definition) is 3. The number of H-pyrrole nitrogens is 1. The summed E-state index contributed by atoms with van der Waals surface area (Å²) in [7, 11) is 2.08. The average molecular weight is 354 g/mol. The Morgan fingerprint density at radius 1 is 1.50 bits per heavy atom. The highest BCUT2D eigenvalue weighted by molar-refractivity contribution is 5.87. The molecule has 6 nitrogen and oxygen atoms in total. The Bertz CT molecular complexity index is 821. The molecule has 2 atom stereocenters.